The van der Waals surface area contributed by atoms with E-state index in [1.54, 1.807) is 0 Å². The number of hydrogen-bond donors (Lipinski definition) is 2. The quantitative estimate of drug-likeness (QED) is 0.554. The van der Waals surface area contributed by atoms with E-state index >= 15 is 0 Å². The average molecular weight is 233 g/mol. The van der Waals surface area contributed by atoms with Crippen molar-refractivity contribution in [3.8, 4) is 0 Å². The van der Waals surface area contributed by atoms with Crippen molar-refractivity contribution in [2.75, 3.05) is 11.5 Å². The number of nitrogens with zero attached hydrogens (tertiary/aromatic N) is 2. The van der Waals surface area contributed by atoms with E-state index in [2.05, 4.69) is 10.2 Å². The Bertz CT molecular complexity index is 352. The van der Waals surface area contributed by atoms with Crippen molar-refractivity contribution in [3.63, 3.8) is 0 Å². The molecule has 1 heterocycles. The predicted octanol–water partition coefficient (Wildman–Crippen LogP) is 0.256. The van der Waals surface area contributed by atoms with E-state index in [-0.39, 0.29) is 11.5 Å². The lowest BCUT2D eigenvalue weighted by atomic mass is 10.3. The number of nitrogens with two attached hydrogens (primary N) is 1. The number of rotatable bonds is 5. The van der Waals surface area contributed by atoms with Crippen LogP contribution < -0.4 is 5.73 Å². The molecule has 3 N–H and O–H groups in total. The number of carbonyl (C=O) groups is 2. The normalized spacial score (nSPS) is 10.0. The summed E-state index contributed by atoms with van der Waals surface area (Å²) in [6.07, 6.45) is -0.457. The zero-order valence-electron chi connectivity index (χ0n) is 6.97. The van der Waals surface area contributed by atoms with Crippen LogP contribution in [0.15, 0.2) is 4.34 Å². The number of hydrogen-bond acceptors (Lipinski definition) is 7. The molecule has 0 saturated heterocycles. The second-order valence-corrected chi connectivity index (χ2v) is 4.54. The minimum absolute atomic E-state index is 0.0843. The molecule has 0 atom stereocenters. The third-order valence-corrected chi connectivity index (χ3v) is 3.07. The van der Waals surface area contributed by atoms with Crippen LogP contribution in [-0.4, -0.2) is 32.8 Å². The number of anilines is 1. The van der Waals surface area contributed by atoms with Gasteiger partial charge in [-0.2, -0.15) is 0 Å². The third-order valence-electron chi connectivity index (χ3n) is 1.13. The molecule has 0 fully saturated rings. The van der Waals surface area contributed by atoms with Crippen molar-refractivity contribution in [2.24, 2.45) is 0 Å². The molecule has 76 valence electrons. The van der Waals surface area contributed by atoms with Crippen LogP contribution in [0.25, 0.3) is 0 Å². The molecule has 0 bridgehead atoms. The Morgan fingerprint density at radius 1 is 1.50 bits per heavy atom. The van der Waals surface area contributed by atoms with Crippen molar-refractivity contribution >= 4 is 40.0 Å². The van der Waals surface area contributed by atoms with Crippen LogP contribution in [0.2, 0.25) is 0 Å². The number of carboxylic acids is 1. The van der Waals surface area contributed by atoms with Gasteiger partial charge in [-0.25, -0.2) is 0 Å². The molecule has 0 aliphatic heterocycles. The predicted molar refractivity (Wildman–Crippen MR) is 52.3 cm³/mol. The van der Waals surface area contributed by atoms with Crippen LogP contribution >= 0.6 is 23.1 Å². The lowest BCUT2D eigenvalue weighted by molar-refractivity contribution is -0.139. The van der Waals surface area contributed by atoms with Gasteiger partial charge in [-0.05, 0) is 0 Å². The molecular formula is C6H7N3O3S2. The Morgan fingerprint density at radius 3 is 2.71 bits per heavy atom. The summed E-state index contributed by atoms with van der Waals surface area (Å²) < 4.78 is 0.571. The standard InChI is InChI=1S/C6H7N3O3S2/c7-5-8-9-6(14-5)13-2-3(10)1-4(11)12/h1-2H2,(H2,7,8)(H,11,12). The zero-order valence-corrected chi connectivity index (χ0v) is 8.60. The summed E-state index contributed by atoms with van der Waals surface area (Å²) in [5.74, 6) is -1.38. The van der Waals surface area contributed by atoms with Crippen molar-refractivity contribution in [1.29, 1.82) is 0 Å². The number of thioether (sulfide) groups is 1. The maximum Gasteiger partial charge on any atom is 0.310 e. The van der Waals surface area contributed by atoms with Crippen molar-refractivity contribution in [2.45, 2.75) is 10.8 Å². The molecule has 8 heteroatoms. The van der Waals surface area contributed by atoms with Crippen LogP contribution in [0.5, 0.6) is 0 Å². The first kappa shape index (κ1) is 10.9. The van der Waals surface area contributed by atoms with Gasteiger partial charge in [0.25, 0.3) is 0 Å². The van der Waals surface area contributed by atoms with E-state index < -0.39 is 12.4 Å². The topological polar surface area (TPSA) is 106 Å². The van der Waals surface area contributed by atoms with Crippen LogP contribution in [-0.2, 0) is 9.59 Å². The minimum Gasteiger partial charge on any atom is -0.481 e. The number of aromatic nitrogens is 2. The first-order chi connectivity index (χ1) is 6.58. The number of carbonyl (C=O) groups excluding carboxylic acids is 1. The zero-order chi connectivity index (χ0) is 10.6. The fourth-order valence-electron chi connectivity index (χ4n) is 0.641. The highest BCUT2D eigenvalue weighted by atomic mass is 32.2. The lowest BCUT2D eigenvalue weighted by Crippen LogP contribution is -2.08. The summed E-state index contributed by atoms with van der Waals surface area (Å²) in [5, 5.41) is 15.9. The van der Waals surface area contributed by atoms with E-state index in [4.69, 9.17) is 10.8 Å². The first-order valence-corrected chi connectivity index (χ1v) is 5.33. The molecule has 0 aliphatic carbocycles. The molecule has 1 aromatic rings. The first-order valence-electron chi connectivity index (χ1n) is 3.53. The van der Waals surface area contributed by atoms with Gasteiger partial charge < -0.3 is 10.8 Å². The van der Waals surface area contributed by atoms with Crippen molar-refractivity contribution in [3.05, 3.63) is 0 Å². The van der Waals surface area contributed by atoms with Crippen LogP contribution in [0.3, 0.4) is 0 Å². The third kappa shape index (κ3) is 3.71. The largest absolute Gasteiger partial charge is 0.481 e. The number of carboxylic acid groups (broad SMARTS) is 1. The van der Waals surface area contributed by atoms with Crippen LogP contribution in [0.4, 0.5) is 5.13 Å². The van der Waals surface area contributed by atoms with Gasteiger partial charge in [0, 0.05) is 0 Å². The van der Waals surface area contributed by atoms with Crippen molar-refractivity contribution in [1.82, 2.24) is 10.2 Å². The fourth-order valence-corrected chi connectivity index (χ4v) is 2.14. The molecule has 1 rings (SSSR count). The van der Waals surface area contributed by atoms with Gasteiger partial charge in [-0.3, -0.25) is 9.59 Å². The Hall–Kier alpha value is -1.15. The molecule has 0 aromatic carbocycles. The molecule has 0 spiro atoms. The summed E-state index contributed by atoms with van der Waals surface area (Å²) in [6, 6.07) is 0. The fraction of sp³-hybridized carbons (Fsp3) is 0.333. The van der Waals surface area contributed by atoms with Crippen LogP contribution in [0.1, 0.15) is 6.42 Å². The molecule has 0 saturated carbocycles. The van der Waals surface area contributed by atoms with Gasteiger partial charge in [0.1, 0.15) is 6.42 Å². The molecule has 0 aliphatic rings. The number of Topliss-reactive ketones (excluding diaryl/α,β-unsaturated/α-hetero) is 1. The van der Waals surface area contributed by atoms with Gasteiger partial charge in [-0.15, -0.1) is 10.2 Å². The van der Waals surface area contributed by atoms with Gasteiger partial charge in [-0.1, -0.05) is 23.1 Å². The second-order valence-electron chi connectivity index (χ2n) is 2.30. The lowest BCUT2D eigenvalue weighted by Gasteiger charge is -1.93. The molecule has 14 heavy (non-hydrogen) atoms. The summed E-state index contributed by atoms with van der Waals surface area (Å²) >= 11 is 2.31. The maximum absolute atomic E-state index is 11.0. The Labute approximate surface area is 87.5 Å². The van der Waals surface area contributed by atoms with E-state index in [0.717, 1.165) is 11.8 Å². The smallest absolute Gasteiger partial charge is 0.310 e. The molecule has 1 aromatic heterocycles. The average Bonchev–Trinajstić information content (AvgIpc) is 2.47. The van der Waals surface area contributed by atoms with Crippen molar-refractivity contribution < 1.29 is 14.7 Å². The number of ketones is 1. The van der Waals surface area contributed by atoms with E-state index in [1.165, 1.54) is 11.3 Å². The molecule has 0 radical (unpaired) electrons. The van der Waals surface area contributed by atoms with Gasteiger partial charge in [0.15, 0.2) is 10.1 Å². The monoisotopic (exact) mass is 233 g/mol. The maximum atomic E-state index is 11.0. The summed E-state index contributed by atoms with van der Waals surface area (Å²) in [6.45, 7) is 0. The molecule has 0 unspecified atom stereocenters. The summed E-state index contributed by atoms with van der Waals surface area (Å²) in [7, 11) is 0. The molecular weight excluding hydrogens is 226 g/mol. The van der Waals surface area contributed by atoms with E-state index in [1.807, 2.05) is 0 Å². The Kier molecular flexibility index (Phi) is 3.84. The van der Waals surface area contributed by atoms with E-state index in [0.29, 0.717) is 9.47 Å². The number of nitrogen functional groups attached to an aromatic ring is 1. The minimum atomic E-state index is -1.12. The SMILES string of the molecule is Nc1nnc(SCC(=O)CC(=O)O)s1. The molecule has 0 amide bonds. The van der Waals surface area contributed by atoms with Gasteiger partial charge >= 0.3 is 5.97 Å². The second kappa shape index (κ2) is 4.91. The highest BCUT2D eigenvalue weighted by Crippen LogP contribution is 2.23. The van der Waals surface area contributed by atoms with Gasteiger partial charge in [0.05, 0.1) is 5.75 Å². The Morgan fingerprint density at radius 2 is 2.21 bits per heavy atom. The molecule has 6 nitrogen and oxygen atoms in total. The highest BCUT2D eigenvalue weighted by Gasteiger charge is 2.10. The number of aliphatic carboxylic acids is 1. The van der Waals surface area contributed by atoms with Crippen LogP contribution in [0, 0.1) is 0 Å². The van der Waals surface area contributed by atoms with E-state index in [9.17, 15) is 9.59 Å². The summed E-state index contributed by atoms with van der Waals surface area (Å²) in [5.41, 5.74) is 5.32. The highest BCUT2D eigenvalue weighted by molar-refractivity contribution is 8.01. The van der Waals surface area contributed by atoms with Gasteiger partial charge in [0.2, 0.25) is 5.13 Å². The Balaban J connectivity index is 2.34. The summed E-state index contributed by atoms with van der Waals surface area (Å²) in [4.78, 5) is 21.1.